The van der Waals surface area contributed by atoms with Crippen molar-refractivity contribution in [2.75, 3.05) is 7.11 Å². The Morgan fingerprint density at radius 2 is 1.92 bits per heavy atom. The SMILES string of the molecule is COC(=O)C[C@H](NC(=O)CCC(=O)c1cc(C)ccc1C)c1cccs1. The van der Waals surface area contributed by atoms with E-state index in [1.54, 1.807) is 0 Å². The van der Waals surface area contributed by atoms with Gasteiger partial charge in [0.25, 0.3) is 0 Å². The predicted molar refractivity (Wildman–Crippen MR) is 101 cm³/mol. The molecule has 0 saturated carbocycles. The predicted octanol–water partition coefficient (Wildman–Crippen LogP) is 3.75. The number of rotatable bonds is 8. The van der Waals surface area contributed by atoms with Crippen LogP contribution in [0, 0.1) is 13.8 Å². The maximum absolute atomic E-state index is 12.4. The minimum atomic E-state index is -0.439. The van der Waals surface area contributed by atoms with Crippen molar-refractivity contribution in [3.63, 3.8) is 0 Å². The van der Waals surface area contributed by atoms with Gasteiger partial charge in [-0.3, -0.25) is 14.4 Å². The molecule has 138 valence electrons. The van der Waals surface area contributed by atoms with Crippen LogP contribution in [0.15, 0.2) is 35.7 Å². The number of nitrogens with one attached hydrogen (secondary N) is 1. The standard InChI is InChI=1S/C20H23NO4S/c1-13-6-7-14(2)15(11-13)17(22)8-9-19(23)21-16(12-20(24)25-3)18-5-4-10-26-18/h4-7,10-11,16H,8-9,12H2,1-3H3,(H,21,23)/t16-/m0/s1. The summed E-state index contributed by atoms with van der Waals surface area (Å²) >= 11 is 1.46. The number of carbonyl (C=O) groups is 3. The molecule has 0 spiro atoms. The van der Waals surface area contributed by atoms with Crippen molar-refractivity contribution < 1.29 is 19.1 Å². The number of aryl methyl sites for hydroxylation is 2. The van der Waals surface area contributed by atoms with Gasteiger partial charge in [-0.25, -0.2) is 0 Å². The van der Waals surface area contributed by atoms with E-state index in [-0.39, 0.29) is 31.0 Å². The van der Waals surface area contributed by atoms with Crippen LogP contribution in [0.25, 0.3) is 0 Å². The van der Waals surface area contributed by atoms with Crippen LogP contribution in [0.1, 0.15) is 51.7 Å². The van der Waals surface area contributed by atoms with Crippen molar-refractivity contribution in [3.05, 3.63) is 57.3 Å². The van der Waals surface area contributed by atoms with E-state index in [2.05, 4.69) is 5.32 Å². The normalized spacial score (nSPS) is 11.7. The van der Waals surface area contributed by atoms with Crippen LogP contribution in [0.5, 0.6) is 0 Å². The van der Waals surface area contributed by atoms with Crippen molar-refractivity contribution >= 4 is 29.0 Å². The number of amides is 1. The topological polar surface area (TPSA) is 72.5 Å². The van der Waals surface area contributed by atoms with Gasteiger partial charge in [-0.1, -0.05) is 23.8 Å². The summed E-state index contributed by atoms with van der Waals surface area (Å²) in [5.74, 6) is -0.705. The minimum Gasteiger partial charge on any atom is -0.469 e. The fraction of sp³-hybridized carbons (Fsp3) is 0.350. The van der Waals surface area contributed by atoms with Crippen LogP contribution in [-0.4, -0.2) is 24.8 Å². The van der Waals surface area contributed by atoms with E-state index >= 15 is 0 Å². The van der Waals surface area contributed by atoms with E-state index in [1.165, 1.54) is 18.4 Å². The number of methoxy groups -OCH3 is 1. The van der Waals surface area contributed by atoms with Gasteiger partial charge in [-0.2, -0.15) is 0 Å². The van der Waals surface area contributed by atoms with Crippen molar-refractivity contribution in [2.45, 2.75) is 39.2 Å². The lowest BCUT2D eigenvalue weighted by Crippen LogP contribution is -2.30. The third-order valence-electron chi connectivity index (χ3n) is 4.09. The molecule has 0 saturated heterocycles. The summed E-state index contributed by atoms with van der Waals surface area (Å²) in [4.78, 5) is 37.2. The first-order valence-electron chi connectivity index (χ1n) is 8.40. The summed E-state index contributed by atoms with van der Waals surface area (Å²) in [6, 6.07) is 9.00. The van der Waals surface area contributed by atoms with Crippen LogP contribution in [-0.2, 0) is 14.3 Å². The molecular weight excluding hydrogens is 350 g/mol. The molecule has 0 aliphatic carbocycles. The van der Waals surface area contributed by atoms with Gasteiger partial charge >= 0.3 is 5.97 Å². The number of hydrogen-bond acceptors (Lipinski definition) is 5. The zero-order valence-electron chi connectivity index (χ0n) is 15.2. The van der Waals surface area contributed by atoms with Gasteiger partial charge in [-0.05, 0) is 36.9 Å². The summed E-state index contributed by atoms with van der Waals surface area (Å²) in [5, 5.41) is 4.72. The fourth-order valence-electron chi connectivity index (χ4n) is 2.63. The Kier molecular flexibility index (Phi) is 7.09. The van der Waals surface area contributed by atoms with Gasteiger partial charge in [0.2, 0.25) is 5.91 Å². The van der Waals surface area contributed by atoms with E-state index in [0.29, 0.717) is 5.56 Å². The molecule has 1 heterocycles. The highest BCUT2D eigenvalue weighted by Crippen LogP contribution is 2.23. The second-order valence-corrected chi connectivity index (χ2v) is 7.14. The Bertz CT molecular complexity index is 783. The van der Waals surface area contributed by atoms with E-state index in [0.717, 1.165) is 16.0 Å². The summed E-state index contributed by atoms with van der Waals surface area (Å²) < 4.78 is 4.70. The second-order valence-electron chi connectivity index (χ2n) is 6.16. The maximum atomic E-state index is 12.4. The molecule has 1 aromatic heterocycles. The third kappa shape index (κ3) is 5.52. The number of thiophene rings is 1. The highest BCUT2D eigenvalue weighted by Gasteiger charge is 2.20. The largest absolute Gasteiger partial charge is 0.469 e. The lowest BCUT2D eigenvalue weighted by atomic mass is 9.99. The molecular formula is C20H23NO4S. The highest BCUT2D eigenvalue weighted by atomic mass is 32.1. The Balaban J connectivity index is 1.96. The quantitative estimate of drug-likeness (QED) is 0.565. The number of hydrogen-bond donors (Lipinski definition) is 1. The molecule has 0 fully saturated rings. The van der Waals surface area contributed by atoms with Crippen LogP contribution < -0.4 is 5.32 Å². The molecule has 0 bridgehead atoms. The van der Waals surface area contributed by atoms with Gasteiger partial charge in [0.15, 0.2) is 5.78 Å². The highest BCUT2D eigenvalue weighted by molar-refractivity contribution is 7.10. The number of benzene rings is 1. The molecule has 1 aromatic carbocycles. The van der Waals surface area contributed by atoms with Crippen LogP contribution in [0.2, 0.25) is 0 Å². The average Bonchev–Trinajstić information content (AvgIpc) is 3.15. The Morgan fingerprint density at radius 3 is 2.58 bits per heavy atom. The lowest BCUT2D eigenvalue weighted by Gasteiger charge is -2.16. The van der Waals surface area contributed by atoms with Crippen molar-refractivity contribution in [3.8, 4) is 0 Å². The number of ketones is 1. The summed E-state index contributed by atoms with van der Waals surface area (Å²) in [6.07, 6.45) is 0.272. The molecule has 0 unspecified atom stereocenters. The number of esters is 1. The van der Waals surface area contributed by atoms with Crippen molar-refractivity contribution in [1.29, 1.82) is 0 Å². The number of ether oxygens (including phenoxy) is 1. The molecule has 2 rings (SSSR count). The average molecular weight is 373 g/mol. The van der Waals surface area contributed by atoms with Crippen LogP contribution >= 0.6 is 11.3 Å². The first-order valence-corrected chi connectivity index (χ1v) is 9.28. The Morgan fingerprint density at radius 1 is 1.15 bits per heavy atom. The van der Waals surface area contributed by atoms with E-state index in [4.69, 9.17) is 4.74 Å². The smallest absolute Gasteiger partial charge is 0.307 e. The molecule has 2 aromatic rings. The molecule has 5 nitrogen and oxygen atoms in total. The van der Waals surface area contributed by atoms with Crippen LogP contribution in [0.4, 0.5) is 0 Å². The molecule has 6 heteroatoms. The van der Waals surface area contributed by atoms with Gasteiger partial charge in [0.05, 0.1) is 19.6 Å². The summed E-state index contributed by atoms with van der Waals surface area (Å²) in [6.45, 7) is 3.82. The van der Waals surface area contributed by atoms with Gasteiger partial charge in [0.1, 0.15) is 0 Å². The Hall–Kier alpha value is -2.47. The molecule has 0 aliphatic heterocycles. The lowest BCUT2D eigenvalue weighted by molar-refractivity contribution is -0.141. The summed E-state index contributed by atoms with van der Waals surface area (Å²) in [5.41, 5.74) is 2.57. The zero-order valence-corrected chi connectivity index (χ0v) is 16.0. The minimum absolute atomic E-state index is 0.0537. The van der Waals surface area contributed by atoms with Gasteiger partial charge in [-0.15, -0.1) is 11.3 Å². The second kappa shape index (κ2) is 9.29. The number of carbonyl (C=O) groups excluding carboxylic acids is 3. The fourth-order valence-corrected chi connectivity index (χ4v) is 3.40. The monoisotopic (exact) mass is 373 g/mol. The van der Waals surface area contributed by atoms with E-state index in [1.807, 2.05) is 49.6 Å². The molecule has 0 radical (unpaired) electrons. The van der Waals surface area contributed by atoms with Crippen molar-refractivity contribution in [1.82, 2.24) is 5.32 Å². The third-order valence-corrected chi connectivity index (χ3v) is 5.08. The molecule has 1 amide bonds. The number of Topliss-reactive ketones (excluding diaryl/α,β-unsaturated/α-hetero) is 1. The zero-order chi connectivity index (χ0) is 19.1. The molecule has 26 heavy (non-hydrogen) atoms. The van der Waals surface area contributed by atoms with E-state index < -0.39 is 12.0 Å². The van der Waals surface area contributed by atoms with E-state index in [9.17, 15) is 14.4 Å². The molecule has 0 aliphatic rings. The summed E-state index contributed by atoms with van der Waals surface area (Å²) in [7, 11) is 1.32. The first-order chi connectivity index (χ1) is 12.4. The Labute approximate surface area is 157 Å². The van der Waals surface area contributed by atoms with Gasteiger partial charge < -0.3 is 10.1 Å². The van der Waals surface area contributed by atoms with Gasteiger partial charge in [0, 0.05) is 23.3 Å². The molecule has 1 atom stereocenters. The maximum Gasteiger partial charge on any atom is 0.307 e. The van der Waals surface area contributed by atoms with Crippen molar-refractivity contribution in [2.24, 2.45) is 0 Å². The molecule has 1 N–H and O–H groups in total. The first kappa shape index (κ1) is 19.8. The van der Waals surface area contributed by atoms with Crippen LogP contribution in [0.3, 0.4) is 0 Å².